The van der Waals surface area contributed by atoms with E-state index in [1.807, 2.05) is 39.5 Å². The number of pyridine rings is 1. The Labute approximate surface area is 114 Å². The summed E-state index contributed by atoms with van der Waals surface area (Å²) < 4.78 is 0. The van der Waals surface area contributed by atoms with Crippen molar-refractivity contribution in [2.45, 2.75) is 13.0 Å². The predicted molar refractivity (Wildman–Crippen MR) is 78.9 cm³/mol. The van der Waals surface area contributed by atoms with Crippen LogP contribution >= 0.6 is 0 Å². The Morgan fingerprint density at radius 3 is 2.58 bits per heavy atom. The molecule has 1 atom stereocenters. The van der Waals surface area contributed by atoms with Crippen LogP contribution in [0, 0.1) is 6.92 Å². The lowest BCUT2D eigenvalue weighted by atomic mass is 9.99. The predicted octanol–water partition coefficient (Wildman–Crippen LogP) is 2.01. The summed E-state index contributed by atoms with van der Waals surface area (Å²) in [7, 11) is 4.05. The van der Waals surface area contributed by atoms with Crippen LogP contribution in [0.1, 0.15) is 22.7 Å². The number of hydrazine groups is 1. The third kappa shape index (κ3) is 3.10. The summed E-state index contributed by atoms with van der Waals surface area (Å²) in [5, 5.41) is 0. The third-order valence-corrected chi connectivity index (χ3v) is 3.12. The number of benzene rings is 1. The van der Waals surface area contributed by atoms with Gasteiger partial charge in [0.1, 0.15) is 0 Å². The molecule has 0 bridgehead atoms. The van der Waals surface area contributed by atoms with Crippen LogP contribution in [0.3, 0.4) is 0 Å². The van der Waals surface area contributed by atoms with Gasteiger partial charge in [0.2, 0.25) is 0 Å². The molecule has 0 saturated carbocycles. The molecule has 0 radical (unpaired) electrons. The average molecular weight is 256 g/mol. The maximum absolute atomic E-state index is 5.72. The average Bonchev–Trinajstić information content (AvgIpc) is 2.40. The minimum absolute atomic E-state index is 0.0488. The highest BCUT2D eigenvalue weighted by atomic mass is 15.2. The van der Waals surface area contributed by atoms with E-state index in [9.17, 15) is 0 Å². The highest BCUT2D eigenvalue weighted by Gasteiger charge is 2.13. The molecule has 19 heavy (non-hydrogen) atoms. The maximum atomic E-state index is 5.72. The van der Waals surface area contributed by atoms with Gasteiger partial charge in [-0.15, -0.1) is 0 Å². The second-order valence-corrected chi connectivity index (χ2v) is 4.88. The maximum Gasteiger partial charge on any atom is 0.0725 e. The normalized spacial score (nSPS) is 12.2. The number of aromatic nitrogens is 1. The summed E-state index contributed by atoms with van der Waals surface area (Å²) in [4.78, 5) is 6.31. The van der Waals surface area contributed by atoms with Gasteiger partial charge < -0.3 is 4.90 Å². The first kappa shape index (κ1) is 13.5. The van der Waals surface area contributed by atoms with Crippen molar-refractivity contribution in [1.29, 1.82) is 0 Å². The van der Waals surface area contributed by atoms with Gasteiger partial charge in [-0.05, 0) is 35.7 Å². The third-order valence-electron chi connectivity index (χ3n) is 3.12. The van der Waals surface area contributed by atoms with Crippen molar-refractivity contribution in [3.05, 3.63) is 59.4 Å². The van der Waals surface area contributed by atoms with Crippen molar-refractivity contribution in [3.63, 3.8) is 0 Å². The minimum Gasteiger partial charge on any atom is -0.378 e. The lowest BCUT2D eigenvalue weighted by Crippen LogP contribution is -2.29. The van der Waals surface area contributed by atoms with Crippen LogP contribution in [-0.4, -0.2) is 19.1 Å². The number of aryl methyl sites for hydroxylation is 1. The molecule has 100 valence electrons. The molecule has 1 heterocycles. The number of anilines is 1. The van der Waals surface area contributed by atoms with Gasteiger partial charge in [-0.1, -0.05) is 18.2 Å². The van der Waals surface area contributed by atoms with Gasteiger partial charge in [-0.3, -0.25) is 10.8 Å². The monoisotopic (exact) mass is 256 g/mol. The summed E-state index contributed by atoms with van der Waals surface area (Å²) >= 11 is 0. The van der Waals surface area contributed by atoms with E-state index in [0.717, 1.165) is 22.4 Å². The Hall–Kier alpha value is -1.91. The van der Waals surface area contributed by atoms with Crippen molar-refractivity contribution < 1.29 is 0 Å². The van der Waals surface area contributed by atoms with E-state index in [4.69, 9.17) is 5.84 Å². The lowest BCUT2D eigenvalue weighted by Gasteiger charge is -2.20. The van der Waals surface area contributed by atoms with E-state index in [2.05, 4.69) is 39.6 Å². The molecule has 0 aliphatic heterocycles. The highest BCUT2D eigenvalue weighted by Crippen LogP contribution is 2.24. The van der Waals surface area contributed by atoms with Crippen LogP contribution in [-0.2, 0) is 0 Å². The molecule has 2 aromatic rings. The van der Waals surface area contributed by atoms with Crippen molar-refractivity contribution in [1.82, 2.24) is 10.4 Å². The van der Waals surface area contributed by atoms with Crippen LogP contribution < -0.4 is 16.2 Å². The van der Waals surface area contributed by atoms with E-state index in [-0.39, 0.29) is 6.04 Å². The van der Waals surface area contributed by atoms with Gasteiger partial charge in [0.05, 0.1) is 6.04 Å². The first-order valence-electron chi connectivity index (χ1n) is 6.27. The summed E-state index contributed by atoms with van der Waals surface area (Å²) in [6.45, 7) is 2.03. The molecule has 0 aliphatic rings. The standard InChI is InChI=1S/C15H20N4/c1-11-7-13(10-17-9-11)15(18-16)12-5-4-6-14(8-12)19(2)3/h4-10,15,18H,16H2,1-3H3. The van der Waals surface area contributed by atoms with E-state index in [1.54, 1.807) is 0 Å². The zero-order valence-corrected chi connectivity index (χ0v) is 11.6. The topological polar surface area (TPSA) is 54.2 Å². The molecule has 1 aromatic heterocycles. The second-order valence-electron chi connectivity index (χ2n) is 4.88. The number of hydrogen-bond donors (Lipinski definition) is 2. The number of nitrogens with one attached hydrogen (secondary N) is 1. The molecule has 0 spiro atoms. The van der Waals surface area contributed by atoms with E-state index in [0.29, 0.717) is 0 Å². The molecule has 0 amide bonds. The van der Waals surface area contributed by atoms with Gasteiger partial charge in [0, 0.05) is 32.2 Å². The molecule has 0 aliphatic carbocycles. The first-order chi connectivity index (χ1) is 9.11. The van der Waals surface area contributed by atoms with E-state index < -0.39 is 0 Å². The molecule has 4 heteroatoms. The second kappa shape index (κ2) is 5.82. The van der Waals surface area contributed by atoms with Crippen LogP contribution in [0.15, 0.2) is 42.7 Å². The molecule has 1 unspecified atom stereocenters. The quantitative estimate of drug-likeness (QED) is 0.649. The molecule has 2 rings (SSSR count). The number of rotatable bonds is 4. The van der Waals surface area contributed by atoms with Crippen LogP contribution in [0.25, 0.3) is 0 Å². The van der Waals surface area contributed by atoms with Crippen molar-refractivity contribution in [2.24, 2.45) is 5.84 Å². The van der Waals surface area contributed by atoms with Crippen molar-refractivity contribution in [3.8, 4) is 0 Å². The fraction of sp³-hybridized carbons (Fsp3) is 0.267. The Morgan fingerprint density at radius 2 is 1.95 bits per heavy atom. The lowest BCUT2D eigenvalue weighted by molar-refractivity contribution is 0.634. The Bertz CT molecular complexity index is 551. The zero-order chi connectivity index (χ0) is 13.8. The Morgan fingerprint density at radius 1 is 1.16 bits per heavy atom. The van der Waals surface area contributed by atoms with Gasteiger partial charge in [-0.2, -0.15) is 0 Å². The number of hydrogen-bond acceptors (Lipinski definition) is 4. The van der Waals surface area contributed by atoms with Crippen LogP contribution in [0.2, 0.25) is 0 Å². The zero-order valence-electron chi connectivity index (χ0n) is 11.6. The number of nitrogens with two attached hydrogens (primary N) is 1. The van der Waals surface area contributed by atoms with Gasteiger partial charge in [-0.25, -0.2) is 5.43 Å². The van der Waals surface area contributed by atoms with Crippen molar-refractivity contribution >= 4 is 5.69 Å². The smallest absolute Gasteiger partial charge is 0.0725 e. The molecule has 0 saturated heterocycles. The fourth-order valence-corrected chi connectivity index (χ4v) is 2.10. The minimum atomic E-state index is -0.0488. The number of nitrogens with zero attached hydrogens (tertiary/aromatic N) is 2. The molecule has 3 N–H and O–H groups in total. The highest BCUT2D eigenvalue weighted by molar-refractivity contribution is 5.49. The summed E-state index contributed by atoms with van der Waals surface area (Å²) in [6.07, 6.45) is 3.69. The van der Waals surface area contributed by atoms with E-state index in [1.165, 1.54) is 0 Å². The molecular formula is C15H20N4. The largest absolute Gasteiger partial charge is 0.378 e. The van der Waals surface area contributed by atoms with Crippen LogP contribution in [0.4, 0.5) is 5.69 Å². The molecule has 1 aromatic carbocycles. The Kier molecular flexibility index (Phi) is 4.14. The first-order valence-corrected chi connectivity index (χ1v) is 6.27. The molecule has 4 nitrogen and oxygen atoms in total. The van der Waals surface area contributed by atoms with Gasteiger partial charge >= 0.3 is 0 Å². The molecular weight excluding hydrogens is 236 g/mol. The summed E-state index contributed by atoms with van der Waals surface area (Å²) in [6, 6.07) is 10.4. The van der Waals surface area contributed by atoms with Crippen LogP contribution in [0.5, 0.6) is 0 Å². The van der Waals surface area contributed by atoms with Crippen molar-refractivity contribution in [2.75, 3.05) is 19.0 Å². The Balaban J connectivity index is 2.39. The SMILES string of the molecule is Cc1cncc(C(NN)c2cccc(N(C)C)c2)c1. The van der Waals surface area contributed by atoms with E-state index >= 15 is 0 Å². The summed E-state index contributed by atoms with van der Waals surface area (Å²) in [5.74, 6) is 5.72. The fourth-order valence-electron chi connectivity index (χ4n) is 2.10. The van der Waals surface area contributed by atoms with Gasteiger partial charge in [0.15, 0.2) is 0 Å². The molecule has 0 fully saturated rings. The summed E-state index contributed by atoms with van der Waals surface area (Å²) in [5.41, 5.74) is 7.34. The van der Waals surface area contributed by atoms with Gasteiger partial charge in [0.25, 0.3) is 0 Å².